The Bertz CT molecular complexity index is 1030. The maximum atomic E-state index is 12.9. The third-order valence-electron chi connectivity index (χ3n) is 4.89. The van der Waals surface area contributed by atoms with Gasteiger partial charge in [0, 0.05) is 23.4 Å². The van der Waals surface area contributed by atoms with E-state index in [2.05, 4.69) is 10.0 Å². The number of rotatable bonds is 6. The number of methoxy groups -OCH3 is 1. The predicted molar refractivity (Wildman–Crippen MR) is 106 cm³/mol. The number of carbonyl (C=O) groups is 1. The first-order valence-corrected chi connectivity index (χ1v) is 10.8. The lowest BCUT2D eigenvalue weighted by atomic mass is 10.1. The summed E-state index contributed by atoms with van der Waals surface area (Å²) in [6, 6.07) is 7.90. The lowest BCUT2D eigenvalue weighted by Gasteiger charge is -2.15. The van der Waals surface area contributed by atoms with Crippen LogP contribution in [0.25, 0.3) is 0 Å². The van der Waals surface area contributed by atoms with Crippen LogP contribution in [-0.4, -0.2) is 21.4 Å². The monoisotopic (exact) mass is 442 g/mol. The van der Waals surface area contributed by atoms with Crippen molar-refractivity contribution in [2.45, 2.75) is 36.8 Å². The molecule has 0 heterocycles. The number of sulfonamides is 1. The predicted octanol–water partition coefficient (Wildman–Crippen LogP) is 4.64. The minimum Gasteiger partial charge on any atom is -0.495 e. The molecule has 6 nitrogen and oxygen atoms in total. The van der Waals surface area contributed by atoms with Gasteiger partial charge in [-0.05, 0) is 43.2 Å². The molecular formula is C20H21F3N2O4S. The van der Waals surface area contributed by atoms with Gasteiger partial charge >= 0.3 is 6.18 Å². The van der Waals surface area contributed by atoms with Gasteiger partial charge < -0.3 is 10.1 Å². The number of alkyl halides is 3. The summed E-state index contributed by atoms with van der Waals surface area (Å²) < 4.78 is 71.3. The Morgan fingerprint density at radius 2 is 1.77 bits per heavy atom. The Hall–Kier alpha value is -2.75. The van der Waals surface area contributed by atoms with Gasteiger partial charge in [-0.2, -0.15) is 13.2 Å². The average molecular weight is 442 g/mol. The maximum absolute atomic E-state index is 12.9. The van der Waals surface area contributed by atoms with Crippen LogP contribution in [0.15, 0.2) is 47.4 Å². The van der Waals surface area contributed by atoms with Crippen molar-refractivity contribution < 1.29 is 31.1 Å². The maximum Gasteiger partial charge on any atom is 0.416 e. The number of nitrogens with one attached hydrogen (secondary N) is 2. The molecule has 3 rings (SSSR count). The highest BCUT2D eigenvalue weighted by atomic mass is 32.2. The highest BCUT2D eigenvalue weighted by Gasteiger charge is 2.31. The molecule has 30 heavy (non-hydrogen) atoms. The molecule has 1 aliphatic rings. The zero-order valence-corrected chi connectivity index (χ0v) is 16.9. The lowest BCUT2D eigenvalue weighted by Crippen LogP contribution is -2.20. The molecule has 2 N–H and O–H groups in total. The number of halogens is 3. The SMILES string of the molecule is COc1cc(NC(=O)C2CCCC2)ccc1S(=O)(=O)Nc1cccc(C(F)(F)F)c1. The first kappa shape index (κ1) is 21.9. The minimum absolute atomic E-state index is 0.0429. The Kier molecular flexibility index (Phi) is 6.25. The zero-order chi connectivity index (χ0) is 21.9. The van der Waals surface area contributed by atoms with Gasteiger partial charge in [-0.1, -0.05) is 18.9 Å². The summed E-state index contributed by atoms with van der Waals surface area (Å²) in [6.45, 7) is 0. The molecule has 0 spiro atoms. The third kappa shape index (κ3) is 5.05. The fourth-order valence-electron chi connectivity index (χ4n) is 3.37. The molecule has 0 atom stereocenters. The van der Waals surface area contributed by atoms with Crippen LogP contribution >= 0.6 is 0 Å². The van der Waals surface area contributed by atoms with Crippen LogP contribution in [0.2, 0.25) is 0 Å². The van der Waals surface area contributed by atoms with Gasteiger partial charge in [0.15, 0.2) is 0 Å². The summed E-state index contributed by atoms with van der Waals surface area (Å²) in [5.74, 6) is -0.243. The van der Waals surface area contributed by atoms with Crippen LogP contribution < -0.4 is 14.8 Å². The van der Waals surface area contributed by atoms with E-state index in [1.54, 1.807) is 0 Å². The molecule has 162 valence electrons. The van der Waals surface area contributed by atoms with Crippen molar-refractivity contribution in [2.75, 3.05) is 17.1 Å². The summed E-state index contributed by atoms with van der Waals surface area (Å²) in [4.78, 5) is 12.0. The number of amides is 1. The molecule has 0 saturated heterocycles. The van der Waals surface area contributed by atoms with Crippen molar-refractivity contribution in [3.8, 4) is 5.75 Å². The van der Waals surface area contributed by atoms with Crippen molar-refractivity contribution in [2.24, 2.45) is 5.92 Å². The second kappa shape index (κ2) is 8.55. The van der Waals surface area contributed by atoms with E-state index in [0.29, 0.717) is 11.8 Å². The summed E-state index contributed by atoms with van der Waals surface area (Å²) in [5.41, 5.74) is -0.827. The lowest BCUT2D eigenvalue weighted by molar-refractivity contribution is -0.137. The van der Waals surface area contributed by atoms with E-state index >= 15 is 0 Å². The molecule has 0 unspecified atom stereocenters. The third-order valence-corrected chi connectivity index (χ3v) is 6.31. The van der Waals surface area contributed by atoms with Gasteiger partial charge in [-0.3, -0.25) is 9.52 Å². The van der Waals surface area contributed by atoms with Crippen molar-refractivity contribution in [3.05, 3.63) is 48.0 Å². The number of hydrogen-bond donors (Lipinski definition) is 2. The van der Waals surface area contributed by atoms with E-state index in [-0.39, 0.29) is 28.2 Å². The molecule has 2 aromatic rings. The van der Waals surface area contributed by atoms with Crippen molar-refractivity contribution in [1.29, 1.82) is 0 Å². The molecular weight excluding hydrogens is 421 g/mol. The van der Waals surface area contributed by atoms with Gasteiger partial charge in [-0.15, -0.1) is 0 Å². The van der Waals surface area contributed by atoms with E-state index in [4.69, 9.17) is 4.74 Å². The van der Waals surface area contributed by atoms with Gasteiger partial charge in [0.2, 0.25) is 5.91 Å². The first-order valence-electron chi connectivity index (χ1n) is 9.29. The van der Waals surface area contributed by atoms with Gasteiger partial charge in [0.05, 0.1) is 12.7 Å². The number of hydrogen-bond acceptors (Lipinski definition) is 4. The molecule has 1 amide bonds. The summed E-state index contributed by atoms with van der Waals surface area (Å²) in [7, 11) is -2.97. The van der Waals surface area contributed by atoms with Gasteiger partial charge in [0.1, 0.15) is 10.6 Å². The molecule has 1 aliphatic carbocycles. The average Bonchev–Trinajstić information content (AvgIpc) is 3.22. The minimum atomic E-state index is -4.60. The van der Waals surface area contributed by atoms with Crippen LogP contribution in [-0.2, 0) is 21.0 Å². The van der Waals surface area contributed by atoms with Crippen LogP contribution in [0.1, 0.15) is 31.2 Å². The second-order valence-corrected chi connectivity index (χ2v) is 8.67. The molecule has 2 aromatic carbocycles. The largest absolute Gasteiger partial charge is 0.495 e. The molecule has 10 heteroatoms. The fraction of sp³-hybridized carbons (Fsp3) is 0.350. The topological polar surface area (TPSA) is 84.5 Å². The fourth-order valence-corrected chi connectivity index (χ4v) is 4.57. The second-order valence-electron chi connectivity index (χ2n) is 7.02. The molecule has 0 aromatic heterocycles. The highest BCUT2D eigenvalue weighted by molar-refractivity contribution is 7.92. The standard InChI is InChI=1S/C20H21F3N2O4S/c1-29-17-12-15(24-19(26)13-5-2-3-6-13)9-10-18(17)30(27,28)25-16-8-4-7-14(11-16)20(21,22)23/h4,7-13,25H,2-3,5-6H2,1H3,(H,24,26). The Balaban J connectivity index is 1.82. The number of carbonyl (C=O) groups excluding carboxylic acids is 1. The van der Waals surface area contributed by atoms with E-state index < -0.39 is 21.8 Å². The van der Waals surface area contributed by atoms with Gasteiger partial charge in [-0.25, -0.2) is 8.42 Å². The molecule has 1 fully saturated rings. The number of benzene rings is 2. The van der Waals surface area contributed by atoms with Crippen molar-refractivity contribution in [3.63, 3.8) is 0 Å². The van der Waals surface area contributed by atoms with Crippen LogP contribution in [0.3, 0.4) is 0 Å². The number of anilines is 2. The normalized spacial score (nSPS) is 15.1. The quantitative estimate of drug-likeness (QED) is 0.683. The zero-order valence-electron chi connectivity index (χ0n) is 16.1. The van der Waals surface area contributed by atoms with Crippen LogP contribution in [0, 0.1) is 5.92 Å². The highest BCUT2D eigenvalue weighted by Crippen LogP contribution is 2.33. The summed E-state index contributed by atoms with van der Waals surface area (Å²) >= 11 is 0. The summed E-state index contributed by atoms with van der Waals surface area (Å²) in [5, 5.41) is 2.75. The number of ether oxygens (including phenoxy) is 1. The molecule has 0 aliphatic heterocycles. The van der Waals surface area contributed by atoms with Crippen LogP contribution in [0.5, 0.6) is 5.75 Å². The van der Waals surface area contributed by atoms with Gasteiger partial charge in [0.25, 0.3) is 10.0 Å². The van der Waals surface area contributed by atoms with Crippen molar-refractivity contribution in [1.82, 2.24) is 0 Å². The Labute approximate surface area is 172 Å². The molecule has 1 saturated carbocycles. The van der Waals surface area contributed by atoms with Crippen LogP contribution in [0.4, 0.5) is 24.5 Å². The van der Waals surface area contributed by atoms with E-state index in [1.165, 1.54) is 31.4 Å². The Morgan fingerprint density at radius 3 is 2.40 bits per heavy atom. The smallest absolute Gasteiger partial charge is 0.416 e. The summed E-state index contributed by atoms with van der Waals surface area (Å²) in [6.07, 6.45) is -0.968. The first-order chi connectivity index (χ1) is 14.1. The Morgan fingerprint density at radius 1 is 1.07 bits per heavy atom. The molecule has 0 bridgehead atoms. The molecule has 0 radical (unpaired) electrons. The van der Waals surface area contributed by atoms with E-state index in [1.807, 2.05) is 0 Å². The van der Waals surface area contributed by atoms with E-state index in [9.17, 15) is 26.4 Å². The van der Waals surface area contributed by atoms with E-state index in [0.717, 1.165) is 37.8 Å². The van der Waals surface area contributed by atoms with Crippen molar-refractivity contribution >= 4 is 27.3 Å².